The van der Waals surface area contributed by atoms with Gasteiger partial charge < -0.3 is 18.9 Å². The number of fused-ring (bicyclic) bond motifs is 1. The Kier molecular flexibility index (Phi) is 4.66. The van der Waals surface area contributed by atoms with Gasteiger partial charge in [-0.1, -0.05) is 28.1 Å². The van der Waals surface area contributed by atoms with Crippen LogP contribution < -0.4 is 18.9 Å². The van der Waals surface area contributed by atoms with Gasteiger partial charge in [0.05, 0.1) is 21.3 Å². The van der Waals surface area contributed by atoms with Gasteiger partial charge in [-0.3, -0.25) is 4.79 Å². The Morgan fingerprint density at radius 1 is 0.958 bits per heavy atom. The normalized spacial score (nSPS) is 19.2. The zero-order chi connectivity index (χ0) is 17.3. The summed E-state index contributed by atoms with van der Waals surface area (Å²) in [5.41, 5.74) is 1.29. The molecule has 2 aromatic rings. The maximum atomic E-state index is 12.8. The molecule has 0 saturated heterocycles. The van der Waals surface area contributed by atoms with Crippen molar-refractivity contribution in [2.75, 3.05) is 21.3 Å². The molecule has 0 spiro atoms. The van der Waals surface area contributed by atoms with Gasteiger partial charge in [-0.2, -0.15) is 0 Å². The number of alkyl halides is 1. The molecule has 0 fully saturated rings. The summed E-state index contributed by atoms with van der Waals surface area (Å²) in [6, 6.07) is 10.8. The number of hydrogen-bond donors (Lipinski definition) is 0. The standard InChI is InChI=1S/C18H17BrO5/c1-21-11-6-4-10(5-7-11)18-16(19)17(20)15-13(23-3)8-12(22-2)9-14(15)24-18/h4-9,16,18H,1-3H3. The van der Waals surface area contributed by atoms with E-state index in [4.69, 9.17) is 18.9 Å². The van der Waals surface area contributed by atoms with Crippen molar-refractivity contribution < 1.29 is 23.7 Å². The number of rotatable bonds is 4. The molecule has 0 aromatic heterocycles. The predicted molar refractivity (Wildman–Crippen MR) is 93.0 cm³/mol. The fourth-order valence-corrected chi connectivity index (χ4v) is 3.33. The van der Waals surface area contributed by atoms with E-state index in [9.17, 15) is 4.79 Å². The van der Waals surface area contributed by atoms with E-state index in [1.807, 2.05) is 24.3 Å². The number of carbonyl (C=O) groups excluding carboxylic acids is 1. The zero-order valence-electron chi connectivity index (χ0n) is 13.5. The summed E-state index contributed by atoms with van der Waals surface area (Å²) in [5, 5.41) is 0. The van der Waals surface area contributed by atoms with Crippen molar-refractivity contribution in [2.24, 2.45) is 0 Å². The van der Waals surface area contributed by atoms with Crippen molar-refractivity contribution >= 4 is 21.7 Å². The van der Waals surface area contributed by atoms with E-state index < -0.39 is 10.9 Å². The third-order valence-electron chi connectivity index (χ3n) is 3.96. The molecule has 6 heteroatoms. The Hall–Kier alpha value is -2.21. The molecule has 0 bridgehead atoms. The summed E-state index contributed by atoms with van der Waals surface area (Å²) in [4.78, 5) is 12.3. The second-order valence-electron chi connectivity index (χ2n) is 5.28. The first-order chi connectivity index (χ1) is 11.6. The number of halogens is 1. The molecule has 3 rings (SSSR count). The van der Waals surface area contributed by atoms with E-state index in [1.165, 1.54) is 7.11 Å². The van der Waals surface area contributed by atoms with Gasteiger partial charge in [0.2, 0.25) is 0 Å². The Morgan fingerprint density at radius 2 is 1.62 bits per heavy atom. The summed E-state index contributed by atoms with van der Waals surface area (Å²) in [6.07, 6.45) is -0.451. The Bertz CT molecular complexity index is 757. The molecule has 1 aliphatic heterocycles. The van der Waals surface area contributed by atoms with Gasteiger partial charge in [-0.25, -0.2) is 0 Å². The smallest absolute Gasteiger partial charge is 0.188 e. The molecule has 5 nitrogen and oxygen atoms in total. The third kappa shape index (κ3) is 2.82. The maximum Gasteiger partial charge on any atom is 0.188 e. The number of ether oxygens (including phenoxy) is 4. The van der Waals surface area contributed by atoms with Crippen LogP contribution in [0.2, 0.25) is 0 Å². The van der Waals surface area contributed by atoms with Crippen LogP contribution >= 0.6 is 15.9 Å². The fraction of sp³-hybridized carbons (Fsp3) is 0.278. The molecule has 1 heterocycles. The predicted octanol–water partition coefficient (Wildman–Crippen LogP) is 3.79. The van der Waals surface area contributed by atoms with Crippen LogP contribution in [0.25, 0.3) is 0 Å². The Morgan fingerprint density at radius 3 is 2.21 bits per heavy atom. The lowest BCUT2D eigenvalue weighted by Gasteiger charge is -2.30. The lowest BCUT2D eigenvalue weighted by atomic mass is 9.95. The van der Waals surface area contributed by atoms with Crippen LogP contribution in [0.4, 0.5) is 0 Å². The number of methoxy groups -OCH3 is 3. The SMILES string of the molecule is COc1ccc(C2Oc3cc(OC)cc(OC)c3C(=O)C2Br)cc1. The van der Waals surface area contributed by atoms with Crippen LogP contribution in [0.3, 0.4) is 0 Å². The number of ketones is 1. The number of hydrogen-bond acceptors (Lipinski definition) is 5. The Labute approximate surface area is 148 Å². The highest BCUT2D eigenvalue weighted by atomic mass is 79.9. The summed E-state index contributed by atoms with van der Waals surface area (Å²) in [5.74, 6) is 2.12. The van der Waals surface area contributed by atoms with Crippen LogP contribution in [0.5, 0.6) is 23.0 Å². The van der Waals surface area contributed by atoms with Crippen molar-refractivity contribution in [3.8, 4) is 23.0 Å². The van der Waals surface area contributed by atoms with Gasteiger partial charge in [0.15, 0.2) is 5.78 Å². The minimum absolute atomic E-state index is 0.0865. The highest BCUT2D eigenvalue weighted by Crippen LogP contribution is 2.44. The maximum absolute atomic E-state index is 12.8. The van der Waals surface area contributed by atoms with Gasteiger partial charge in [-0.05, 0) is 17.7 Å². The van der Waals surface area contributed by atoms with Crippen LogP contribution in [0.1, 0.15) is 22.0 Å². The summed E-state index contributed by atoms with van der Waals surface area (Å²) in [7, 11) is 4.68. The van der Waals surface area contributed by atoms with Gasteiger partial charge in [-0.15, -0.1) is 0 Å². The number of Topliss-reactive ketones (excluding diaryl/α,β-unsaturated/α-hetero) is 1. The van der Waals surface area contributed by atoms with Crippen molar-refractivity contribution in [2.45, 2.75) is 10.9 Å². The van der Waals surface area contributed by atoms with Crippen LogP contribution in [0.15, 0.2) is 36.4 Å². The first-order valence-corrected chi connectivity index (χ1v) is 8.25. The second kappa shape index (κ2) is 6.73. The molecule has 0 amide bonds. The molecule has 24 heavy (non-hydrogen) atoms. The molecular weight excluding hydrogens is 376 g/mol. The monoisotopic (exact) mass is 392 g/mol. The largest absolute Gasteiger partial charge is 0.497 e. The molecule has 0 aliphatic carbocycles. The highest BCUT2D eigenvalue weighted by molar-refractivity contribution is 9.10. The topological polar surface area (TPSA) is 54.0 Å². The molecule has 2 unspecified atom stereocenters. The quantitative estimate of drug-likeness (QED) is 0.740. The minimum Gasteiger partial charge on any atom is -0.497 e. The fourth-order valence-electron chi connectivity index (χ4n) is 2.68. The molecule has 2 aromatic carbocycles. The zero-order valence-corrected chi connectivity index (χ0v) is 15.1. The minimum atomic E-state index is -0.513. The van der Waals surface area contributed by atoms with Crippen molar-refractivity contribution in [1.82, 2.24) is 0 Å². The van der Waals surface area contributed by atoms with Gasteiger partial charge in [0, 0.05) is 12.1 Å². The first kappa shape index (κ1) is 16.6. The molecular formula is C18H17BrO5. The van der Waals surface area contributed by atoms with Crippen molar-refractivity contribution in [1.29, 1.82) is 0 Å². The van der Waals surface area contributed by atoms with Gasteiger partial charge in [0.1, 0.15) is 39.5 Å². The average molecular weight is 393 g/mol. The van der Waals surface area contributed by atoms with Crippen molar-refractivity contribution in [3.63, 3.8) is 0 Å². The first-order valence-electron chi connectivity index (χ1n) is 7.34. The summed E-state index contributed by atoms with van der Waals surface area (Å²) >= 11 is 3.47. The average Bonchev–Trinajstić information content (AvgIpc) is 2.63. The molecule has 1 aliphatic rings. The lowest BCUT2D eigenvalue weighted by Crippen LogP contribution is -2.32. The van der Waals surface area contributed by atoms with Crippen molar-refractivity contribution in [3.05, 3.63) is 47.5 Å². The van der Waals surface area contributed by atoms with Crippen LogP contribution in [0, 0.1) is 0 Å². The van der Waals surface area contributed by atoms with E-state index in [0.29, 0.717) is 22.8 Å². The highest BCUT2D eigenvalue weighted by Gasteiger charge is 2.39. The lowest BCUT2D eigenvalue weighted by molar-refractivity contribution is 0.0867. The Balaban J connectivity index is 2.04. The molecule has 0 N–H and O–H groups in total. The van der Waals surface area contributed by atoms with E-state index in [1.54, 1.807) is 26.4 Å². The van der Waals surface area contributed by atoms with Gasteiger partial charge >= 0.3 is 0 Å². The molecule has 0 saturated carbocycles. The van der Waals surface area contributed by atoms with Gasteiger partial charge in [0.25, 0.3) is 0 Å². The summed E-state index contributed by atoms with van der Waals surface area (Å²) < 4.78 is 21.8. The van der Waals surface area contributed by atoms with E-state index in [2.05, 4.69) is 15.9 Å². The van der Waals surface area contributed by atoms with E-state index in [-0.39, 0.29) is 5.78 Å². The number of benzene rings is 2. The van der Waals surface area contributed by atoms with Crippen LogP contribution in [-0.4, -0.2) is 31.9 Å². The number of carbonyl (C=O) groups is 1. The second-order valence-corrected chi connectivity index (χ2v) is 6.27. The van der Waals surface area contributed by atoms with Crippen LogP contribution in [-0.2, 0) is 0 Å². The molecule has 0 radical (unpaired) electrons. The molecule has 2 atom stereocenters. The van der Waals surface area contributed by atoms with E-state index in [0.717, 1.165) is 11.3 Å². The molecule has 126 valence electrons. The van der Waals surface area contributed by atoms with E-state index >= 15 is 0 Å². The summed E-state index contributed by atoms with van der Waals surface area (Å²) in [6.45, 7) is 0. The third-order valence-corrected chi connectivity index (χ3v) is 4.85.